The van der Waals surface area contributed by atoms with E-state index in [2.05, 4.69) is 32.0 Å². The summed E-state index contributed by atoms with van der Waals surface area (Å²) in [6.07, 6.45) is 33.3. The Morgan fingerprint density at radius 2 is 1.00 bits per heavy atom. The lowest BCUT2D eigenvalue weighted by Gasteiger charge is -2.13. The zero-order valence-corrected chi connectivity index (χ0v) is 33.0. The van der Waals surface area contributed by atoms with E-state index in [1.807, 2.05) is 0 Å². The van der Waals surface area contributed by atoms with Crippen LogP contribution >= 0.6 is 0 Å². The van der Waals surface area contributed by atoms with Crippen LogP contribution in [-0.4, -0.2) is 32.5 Å². The average Bonchev–Trinajstić information content (AvgIpc) is 3.50. The third-order valence-electron chi connectivity index (χ3n) is 10.8. The first kappa shape index (κ1) is 42.0. The molecule has 284 valence electrons. The fraction of sp³-hybridized carbons (Fsp3) is 0.733. The molecule has 0 bridgehead atoms. The molecule has 50 heavy (non-hydrogen) atoms. The van der Waals surface area contributed by atoms with Gasteiger partial charge in [0.25, 0.3) is 0 Å². The van der Waals surface area contributed by atoms with Crippen molar-refractivity contribution in [2.75, 3.05) is 21.3 Å². The molecule has 1 unspecified atom stereocenters. The molecule has 1 aromatic heterocycles. The van der Waals surface area contributed by atoms with Crippen LogP contribution in [0, 0.1) is 0 Å². The molecule has 0 fully saturated rings. The zero-order valence-electron chi connectivity index (χ0n) is 33.0. The third-order valence-corrected chi connectivity index (χ3v) is 10.8. The minimum Gasteiger partial charge on any atom is -0.493 e. The summed E-state index contributed by atoms with van der Waals surface area (Å²) in [5, 5.41) is 12.5. The first-order chi connectivity index (χ1) is 24.6. The molecule has 0 amide bonds. The van der Waals surface area contributed by atoms with Crippen LogP contribution in [0.4, 0.5) is 0 Å². The standard InChI is InChI=1S/C45H74O5/c1-6-8-10-12-13-14-15-16-17-18-19-22-25-29-36-33-34-38-40-35-41(47-3)44(49-5)39(43(40)50-45(38)42(36)48-4)32-28-24-20-23-27-31-37(46)30-26-21-11-9-7-2/h33-35,37,46H,6-32H2,1-5H3. The maximum Gasteiger partial charge on any atom is 0.177 e. The molecule has 3 rings (SSSR count). The van der Waals surface area contributed by atoms with Crippen LogP contribution in [0.3, 0.4) is 0 Å². The van der Waals surface area contributed by atoms with Gasteiger partial charge in [0.1, 0.15) is 5.58 Å². The fourth-order valence-corrected chi connectivity index (χ4v) is 7.71. The summed E-state index contributed by atoms with van der Waals surface area (Å²) in [6.45, 7) is 4.53. The number of hydrogen-bond donors (Lipinski definition) is 1. The predicted molar refractivity (Wildman–Crippen MR) is 214 cm³/mol. The number of ether oxygens (including phenoxy) is 3. The van der Waals surface area contributed by atoms with E-state index in [9.17, 15) is 5.11 Å². The van der Waals surface area contributed by atoms with Gasteiger partial charge in [-0.2, -0.15) is 0 Å². The van der Waals surface area contributed by atoms with Gasteiger partial charge in [-0.1, -0.05) is 155 Å². The summed E-state index contributed by atoms with van der Waals surface area (Å²) in [5.41, 5.74) is 4.02. The van der Waals surface area contributed by atoms with E-state index in [-0.39, 0.29) is 6.10 Å². The Morgan fingerprint density at radius 1 is 0.520 bits per heavy atom. The predicted octanol–water partition coefficient (Wildman–Crippen LogP) is 13.8. The molecule has 0 radical (unpaired) electrons. The van der Waals surface area contributed by atoms with Crippen LogP contribution in [-0.2, 0) is 12.8 Å². The fourth-order valence-electron chi connectivity index (χ4n) is 7.71. The quantitative estimate of drug-likeness (QED) is 0.0679. The van der Waals surface area contributed by atoms with Crippen molar-refractivity contribution in [1.82, 2.24) is 0 Å². The summed E-state index contributed by atoms with van der Waals surface area (Å²) in [4.78, 5) is 0. The van der Waals surface area contributed by atoms with E-state index in [0.29, 0.717) is 0 Å². The molecule has 3 aromatic rings. The Kier molecular flexibility index (Phi) is 21.5. The highest BCUT2D eigenvalue weighted by molar-refractivity contribution is 6.09. The number of aliphatic hydroxyl groups excluding tert-OH is 1. The first-order valence-electron chi connectivity index (χ1n) is 20.9. The van der Waals surface area contributed by atoms with Crippen molar-refractivity contribution in [2.45, 2.75) is 193 Å². The minimum atomic E-state index is -0.133. The van der Waals surface area contributed by atoms with Gasteiger partial charge in [-0.25, -0.2) is 0 Å². The number of fused-ring (bicyclic) bond motifs is 3. The number of methoxy groups -OCH3 is 3. The van der Waals surface area contributed by atoms with Gasteiger partial charge in [0.2, 0.25) is 0 Å². The summed E-state index contributed by atoms with van der Waals surface area (Å²) < 4.78 is 24.5. The maximum absolute atomic E-state index is 10.4. The molecule has 0 aliphatic heterocycles. The smallest absolute Gasteiger partial charge is 0.177 e. The molecular formula is C45H74O5. The molecule has 1 heterocycles. The Bertz CT molecular complexity index is 1310. The van der Waals surface area contributed by atoms with Crippen molar-refractivity contribution in [3.63, 3.8) is 0 Å². The second-order valence-corrected chi connectivity index (χ2v) is 14.9. The zero-order chi connectivity index (χ0) is 35.8. The highest BCUT2D eigenvalue weighted by Gasteiger charge is 2.23. The van der Waals surface area contributed by atoms with E-state index >= 15 is 0 Å². The maximum atomic E-state index is 10.4. The highest BCUT2D eigenvalue weighted by Crippen LogP contribution is 2.45. The molecule has 0 aliphatic rings. The van der Waals surface area contributed by atoms with Crippen molar-refractivity contribution in [2.24, 2.45) is 0 Å². The molecule has 0 spiro atoms. The lowest BCUT2D eigenvalue weighted by molar-refractivity contribution is 0.147. The van der Waals surface area contributed by atoms with Crippen LogP contribution in [0.5, 0.6) is 17.2 Å². The van der Waals surface area contributed by atoms with Crippen molar-refractivity contribution in [3.8, 4) is 17.2 Å². The molecule has 2 aromatic carbocycles. The monoisotopic (exact) mass is 695 g/mol. The van der Waals surface area contributed by atoms with Gasteiger partial charge in [-0.15, -0.1) is 0 Å². The lowest BCUT2D eigenvalue weighted by atomic mass is 9.99. The SMILES string of the molecule is CCCCCCCCCCCCCCCc1ccc2c(oc3c(CCCCCCCC(O)CCCCCCC)c(OC)c(OC)cc32)c1OC. The number of rotatable bonds is 31. The number of aryl methyl sites for hydroxylation is 2. The van der Waals surface area contributed by atoms with Gasteiger partial charge >= 0.3 is 0 Å². The van der Waals surface area contributed by atoms with Crippen LogP contribution in [0.1, 0.15) is 185 Å². The topological polar surface area (TPSA) is 61.1 Å². The molecule has 0 saturated heterocycles. The second-order valence-electron chi connectivity index (χ2n) is 14.9. The Labute approximate surface area is 306 Å². The number of unbranched alkanes of at least 4 members (excludes halogenated alkanes) is 20. The van der Waals surface area contributed by atoms with Crippen molar-refractivity contribution in [3.05, 3.63) is 29.3 Å². The van der Waals surface area contributed by atoms with Gasteiger partial charge in [0.15, 0.2) is 22.8 Å². The van der Waals surface area contributed by atoms with Gasteiger partial charge in [-0.05, 0) is 56.2 Å². The van der Waals surface area contributed by atoms with Crippen LogP contribution < -0.4 is 14.2 Å². The van der Waals surface area contributed by atoms with Gasteiger partial charge < -0.3 is 23.7 Å². The number of aliphatic hydroxyl groups is 1. The molecule has 5 heteroatoms. The van der Waals surface area contributed by atoms with E-state index in [4.69, 9.17) is 18.6 Å². The largest absolute Gasteiger partial charge is 0.493 e. The number of benzene rings is 2. The van der Waals surface area contributed by atoms with E-state index in [0.717, 1.165) is 96.1 Å². The van der Waals surface area contributed by atoms with Crippen molar-refractivity contribution in [1.29, 1.82) is 0 Å². The summed E-state index contributed by atoms with van der Waals surface area (Å²) in [5.74, 6) is 2.38. The molecule has 0 aliphatic carbocycles. The molecule has 0 saturated carbocycles. The normalized spacial score (nSPS) is 12.3. The summed E-state index contributed by atoms with van der Waals surface area (Å²) in [7, 11) is 5.20. The molecular weight excluding hydrogens is 620 g/mol. The van der Waals surface area contributed by atoms with Crippen LogP contribution in [0.25, 0.3) is 21.9 Å². The molecule has 5 nitrogen and oxygen atoms in total. The van der Waals surface area contributed by atoms with Crippen molar-refractivity contribution >= 4 is 21.9 Å². The number of hydrogen-bond acceptors (Lipinski definition) is 5. The number of furan rings is 1. The van der Waals surface area contributed by atoms with Gasteiger partial charge in [0, 0.05) is 16.3 Å². The van der Waals surface area contributed by atoms with Crippen LogP contribution in [0.15, 0.2) is 22.6 Å². The minimum absolute atomic E-state index is 0.133. The third kappa shape index (κ3) is 14.0. The van der Waals surface area contributed by atoms with Gasteiger partial charge in [-0.3, -0.25) is 0 Å². The average molecular weight is 695 g/mol. The first-order valence-corrected chi connectivity index (χ1v) is 20.9. The Hall–Kier alpha value is -2.40. The van der Waals surface area contributed by atoms with Crippen molar-refractivity contribution < 1.29 is 23.7 Å². The summed E-state index contributed by atoms with van der Waals surface area (Å²) in [6, 6.07) is 6.50. The molecule has 1 N–H and O–H groups in total. The van der Waals surface area contributed by atoms with Crippen LogP contribution in [0.2, 0.25) is 0 Å². The van der Waals surface area contributed by atoms with E-state index < -0.39 is 0 Å². The van der Waals surface area contributed by atoms with E-state index in [1.54, 1.807) is 21.3 Å². The van der Waals surface area contributed by atoms with Gasteiger partial charge in [0.05, 0.1) is 27.4 Å². The van der Waals surface area contributed by atoms with E-state index in [1.165, 1.54) is 128 Å². The Balaban J connectivity index is 1.51. The summed E-state index contributed by atoms with van der Waals surface area (Å²) >= 11 is 0. The Morgan fingerprint density at radius 3 is 1.50 bits per heavy atom. The lowest BCUT2D eigenvalue weighted by Crippen LogP contribution is -2.05. The highest BCUT2D eigenvalue weighted by atomic mass is 16.5. The second kappa shape index (κ2) is 25.5. The molecule has 1 atom stereocenters.